The third kappa shape index (κ3) is 3.80. The number of nitrogens with zero attached hydrogens (tertiary/aromatic N) is 2. The Hall–Kier alpha value is -1.56. The molecule has 3 rings (SSSR count). The summed E-state index contributed by atoms with van der Waals surface area (Å²) in [7, 11) is 0. The van der Waals surface area contributed by atoms with Gasteiger partial charge in [-0.2, -0.15) is 0 Å². The Morgan fingerprint density at radius 2 is 1.14 bits per heavy atom. The van der Waals surface area contributed by atoms with E-state index < -0.39 is 5.82 Å². The van der Waals surface area contributed by atoms with Crippen molar-refractivity contribution in [1.29, 1.82) is 0 Å². The summed E-state index contributed by atoms with van der Waals surface area (Å²) in [5, 5.41) is 0.493. The van der Waals surface area contributed by atoms with Crippen molar-refractivity contribution in [3.63, 3.8) is 0 Å². The molecule has 0 bridgehead atoms. The third-order valence-corrected chi connectivity index (χ3v) is 4.79. The first-order valence-electron chi connectivity index (χ1n) is 6.41. The minimum absolute atomic E-state index is 0.0401. The van der Waals surface area contributed by atoms with E-state index in [4.69, 9.17) is 11.6 Å². The number of hydrogen-bond acceptors (Lipinski definition) is 4. The molecule has 0 radical (unpaired) electrons. The van der Waals surface area contributed by atoms with Crippen LogP contribution in [0.2, 0.25) is 5.28 Å². The molecule has 110 valence electrons. The molecule has 0 spiro atoms. The van der Waals surface area contributed by atoms with Crippen LogP contribution in [0.25, 0.3) is 0 Å². The fourth-order valence-corrected chi connectivity index (χ4v) is 3.72. The third-order valence-electron chi connectivity index (χ3n) is 2.68. The van der Waals surface area contributed by atoms with Crippen LogP contribution in [0.4, 0.5) is 4.39 Å². The zero-order valence-electron chi connectivity index (χ0n) is 11.2. The average molecular weight is 349 g/mol. The molecule has 22 heavy (non-hydrogen) atoms. The Balaban J connectivity index is 1.92. The van der Waals surface area contributed by atoms with Crippen LogP contribution in [-0.4, -0.2) is 9.97 Å². The number of aromatic nitrogens is 2. The normalized spacial score (nSPS) is 10.6. The van der Waals surface area contributed by atoms with Crippen molar-refractivity contribution in [2.75, 3.05) is 0 Å². The fraction of sp³-hybridized carbons (Fsp3) is 0. The van der Waals surface area contributed by atoms with Crippen LogP contribution < -0.4 is 0 Å². The highest BCUT2D eigenvalue weighted by atomic mass is 35.5. The van der Waals surface area contributed by atoms with Crippen molar-refractivity contribution in [2.24, 2.45) is 0 Å². The highest BCUT2D eigenvalue weighted by molar-refractivity contribution is 8.00. The Labute approximate surface area is 141 Å². The molecule has 0 atom stereocenters. The quantitative estimate of drug-likeness (QED) is 0.454. The van der Waals surface area contributed by atoms with E-state index >= 15 is 0 Å². The van der Waals surface area contributed by atoms with Crippen LogP contribution in [0.3, 0.4) is 0 Å². The summed E-state index contributed by atoms with van der Waals surface area (Å²) in [6.45, 7) is 0. The maximum absolute atomic E-state index is 14.6. The van der Waals surface area contributed by atoms with Gasteiger partial charge in [0.1, 0.15) is 10.1 Å². The van der Waals surface area contributed by atoms with Crippen molar-refractivity contribution in [3.8, 4) is 0 Å². The Bertz CT molecular complexity index is 707. The summed E-state index contributed by atoms with van der Waals surface area (Å²) < 4.78 is 14.6. The Kier molecular flexibility index (Phi) is 4.97. The molecule has 6 heteroatoms. The van der Waals surface area contributed by atoms with Crippen LogP contribution in [0.1, 0.15) is 0 Å². The molecule has 0 N–H and O–H groups in total. The second-order valence-electron chi connectivity index (χ2n) is 4.25. The van der Waals surface area contributed by atoms with Crippen molar-refractivity contribution in [2.45, 2.75) is 19.8 Å². The van der Waals surface area contributed by atoms with E-state index in [1.807, 2.05) is 60.7 Å². The van der Waals surface area contributed by atoms with E-state index in [2.05, 4.69) is 9.97 Å². The van der Waals surface area contributed by atoms with Gasteiger partial charge >= 0.3 is 0 Å². The molecule has 0 fully saturated rings. The van der Waals surface area contributed by atoms with Crippen molar-refractivity contribution >= 4 is 35.1 Å². The fourth-order valence-electron chi connectivity index (χ4n) is 1.72. The van der Waals surface area contributed by atoms with E-state index in [1.165, 1.54) is 23.5 Å². The van der Waals surface area contributed by atoms with Gasteiger partial charge in [-0.25, -0.2) is 14.4 Å². The van der Waals surface area contributed by atoms with E-state index in [1.54, 1.807) is 0 Å². The van der Waals surface area contributed by atoms with Crippen LogP contribution in [0.5, 0.6) is 0 Å². The maximum atomic E-state index is 14.6. The monoisotopic (exact) mass is 348 g/mol. The number of benzene rings is 2. The van der Waals surface area contributed by atoms with Gasteiger partial charge in [-0.1, -0.05) is 59.9 Å². The van der Waals surface area contributed by atoms with Crippen LogP contribution in [-0.2, 0) is 0 Å². The summed E-state index contributed by atoms with van der Waals surface area (Å²) in [4.78, 5) is 9.79. The van der Waals surface area contributed by atoms with Crippen molar-refractivity contribution in [3.05, 3.63) is 71.8 Å². The van der Waals surface area contributed by atoms with Crippen LogP contribution in [0, 0.1) is 5.82 Å². The molecule has 0 amide bonds. The molecule has 2 nitrogen and oxygen atoms in total. The van der Waals surface area contributed by atoms with Crippen LogP contribution in [0.15, 0.2) is 80.5 Å². The maximum Gasteiger partial charge on any atom is 0.224 e. The minimum atomic E-state index is -0.452. The van der Waals surface area contributed by atoms with Gasteiger partial charge in [0, 0.05) is 9.79 Å². The van der Waals surface area contributed by atoms with Gasteiger partial charge in [-0.3, -0.25) is 0 Å². The van der Waals surface area contributed by atoms with Gasteiger partial charge in [0.05, 0.1) is 0 Å². The highest BCUT2D eigenvalue weighted by Crippen LogP contribution is 2.35. The molecular weight excluding hydrogens is 339 g/mol. The van der Waals surface area contributed by atoms with Gasteiger partial charge in [-0.15, -0.1) is 0 Å². The molecule has 1 heterocycles. The van der Waals surface area contributed by atoms with E-state index in [-0.39, 0.29) is 15.3 Å². The van der Waals surface area contributed by atoms with Gasteiger partial charge < -0.3 is 0 Å². The molecular formula is C16H10ClFN2S2. The van der Waals surface area contributed by atoms with E-state index in [0.717, 1.165) is 9.79 Å². The first kappa shape index (κ1) is 15.3. The average Bonchev–Trinajstić information content (AvgIpc) is 2.54. The summed E-state index contributed by atoms with van der Waals surface area (Å²) in [5.41, 5.74) is 0. The first-order valence-corrected chi connectivity index (χ1v) is 8.42. The molecule has 0 aliphatic heterocycles. The number of rotatable bonds is 4. The highest BCUT2D eigenvalue weighted by Gasteiger charge is 2.16. The van der Waals surface area contributed by atoms with Gasteiger partial charge in [0.25, 0.3) is 0 Å². The molecule has 0 saturated carbocycles. The largest absolute Gasteiger partial charge is 0.224 e. The van der Waals surface area contributed by atoms with Crippen molar-refractivity contribution < 1.29 is 4.39 Å². The van der Waals surface area contributed by atoms with E-state index in [0.29, 0.717) is 0 Å². The molecule has 2 aromatic carbocycles. The SMILES string of the molecule is Fc1c(Sc2ccccc2)nc(Cl)nc1Sc1ccccc1. The molecule has 0 saturated heterocycles. The lowest BCUT2D eigenvalue weighted by Gasteiger charge is -2.07. The standard InChI is InChI=1S/C16H10ClFN2S2/c17-16-19-14(21-11-7-3-1-4-8-11)13(18)15(20-16)22-12-9-5-2-6-10-12/h1-10H. The Morgan fingerprint density at radius 1 is 0.727 bits per heavy atom. The predicted molar refractivity (Wildman–Crippen MR) is 88.1 cm³/mol. The molecule has 0 aliphatic rings. The lowest BCUT2D eigenvalue weighted by Crippen LogP contribution is -1.95. The second-order valence-corrected chi connectivity index (χ2v) is 6.71. The number of hydrogen-bond donors (Lipinski definition) is 0. The summed E-state index contributed by atoms with van der Waals surface area (Å²) in [5.74, 6) is -0.452. The van der Waals surface area contributed by atoms with E-state index in [9.17, 15) is 4.39 Å². The lowest BCUT2D eigenvalue weighted by atomic mass is 10.4. The smallest absolute Gasteiger partial charge is 0.208 e. The summed E-state index contributed by atoms with van der Waals surface area (Å²) in [6, 6.07) is 19.0. The zero-order valence-corrected chi connectivity index (χ0v) is 13.6. The molecule has 3 aromatic rings. The predicted octanol–water partition coefficient (Wildman–Crippen LogP) is 5.57. The van der Waals surface area contributed by atoms with Crippen molar-refractivity contribution in [1.82, 2.24) is 9.97 Å². The Morgan fingerprint density at radius 3 is 1.55 bits per heavy atom. The number of halogens is 2. The van der Waals surface area contributed by atoms with Gasteiger partial charge in [0.2, 0.25) is 5.28 Å². The summed E-state index contributed by atoms with van der Waals surface area (Å²) >= 11 is 8.40. The summed E-state index contributed by atoms with van der Waals surface area (Å²) in [6.07, 6.45) is 0. The van der Waals surface area contributed by atoms with Gasteiger partial charge in [0.15, 0.2) is 5.82 Å². The first-order chi connectivity index (χ1) is 10.7. The zero-order chi connectivity index (χ0) is 15.4. The molecule has 0 aliphatic carbocycles. The molecule has 0 unspecified atom stereocenters. The topological polar surface area (TPSA) is 25.8 Å². The minimum Gasteiger partial charge on any atom is -0.208 e. The van der Waals surface area contributed by atoms with Crippen LogP contribution >= 0.6 is 35.1 Å². The lowest BCUT2D eigenvalue weighted by molar-refractivity contribution is 0.544. The van der Waals surface area contributed by atoms with Gasteiger partial charge in [-0.05, 0) is 35.9 Å². The second kappa shape index (κ2) is 7.13. The molecule has 1 aromatic heterocycles.